The second kappa shape index (κ2) is 5.52. The van der Waals surface area contributed by atoms with Crippen LogP contribution in [0.3, 0.4) is 0 Å². The van der Waals surface area contributed by atoms with Crippen molar-refractivity contribution in [1.82, 2.24) is 9.97 Å². The van der Waals surface area contributed by atoms with E-state index in [0.29, 0.717) is 0 Å². The number of morpholine rings is 1. The largest absolute Gasteiger partial charge is 0.372 e. The minimum atomic E-state index is 0.242. The summed E-state index contributed by atoms with van der Waals surface area (Å²) < 4.78 is 5.75. The van der Waals surface area contributed by atoms with E-state index in [9.17, 15) is 0 Å². The lowest BCUT2D eigenvalue weighted by Crippen LogP contribution is -2.46. The molecule has 0 bridgehead atoms. The molecule has 0 amide bonds. The zero-order chi connectivity index (χ0) is 13.1. The van der Waals surface area contributed by atoms with Gasteiger partial charge in [-0.2, -0.15) is 0 Å². The lowest BCUT2D eigenvalue weighted by atomic mass is 10.2. The second-order valence-corrected chi connectivity index (χ2v) is 4.85. The van der Waals surface area contributed by atoms with Crippen LogP contribution in [0.5, 0.6) is 0 Å². The summed E-state index contributed by atoms with van der Waals surface area (Å²) in [7, 11) is 0. The number of nitrogens with zero attached hydrogens (tertiary/aromatic N) is 3. The molecule has 0 saturated carbocycles. The molecule has 0 spiro atoms. The third kappa shape index (κ3) is 3.10. The maximum Gasteiger partial charge on any atom is 0.134 e. The Morgan fingerprint density at radius 3 is 2.61 bits per heavy atom. The Hall–Kier alpha value is -1.36. The normalized spacial score (nSPS) is 24.1. The van der Waals surface area contributed by atoms with Crippen molar-refractivity contribution in [1.29, 1.82) is 0 Å². The van der Waals surface area contributed by atoms with Crippen molar-refractivity contribution in [2.45, 2.75) is 39.9 Å². The van der Waals surface area contributed by atoms with Gasteiger partial charge in [-0.05, 0) is 27.7 Å². The number of aromatic nitrogens is 2. The Kier molecular flexibility index (Phi) is 4.01. The predicted molar refractivity (Wildman–Crippen MR) is 73.2 cm³/mol. The van der Waals surface area contributed by atoms with Crippen LogP contribution in [0, 0.1) is 6.92 Å². The molecule has 100 valence electrons. The van der Waals surface area contributed by atoms with Crippen LogP contribution in [-0.2, 0) is 4.74 Å². The molecule has 0 unspecified atom stereocenters. The fourth-order valence-electron chi connectivity index (χ4n) is 2.35. The van der Waals surface area contributed by atoms with E-state index in [4.69, 9.17) is 4.74 Å². The van der Waals surface area contributed by atoms with Crippen LogP contribution in [0.1, 0.15) is 26.6 Å². The quantitative estimate of drug-likeness (QED) is 0.887. The monoisotopic (exact) mass is 250 g/mol. The van der Waals surface area contributed by atoms with E-state index >= 15 is 0 Å². The average molecular weight is 250 g/mol. The van der Waals surface area contributed by atoms with E-state index < -0.39 is 0 Å². The summed E-state index contributed by atoms with van der Waals surface area (Å²) in [5.41, 5.74) is 0. The molecule has 1 aromatic rings. The molecular formula is C13H22N4O. The molecule has 2 atom stereocenters. The van der Waals surface area contributed by atoms with Gasteiger partial charge in [0.1, 0.15) is 17.5 Å². The molecule has 2 rings (SSSR count). The smallest absolute Gasteiger partial charge is 0.134 e. The Balaban J connectivity index is 2.21. The summed E-state index contributed by atoms with van der Waals surface area (Å²) >= 11 is 0. The van der Waals surface area contributed by atoms with Crippen molar-refractivity contribution < 1.29 is 4.74 Å². The lowest BCUT2D eigenvalue weighted by molar-refractivity contribution is -0.00547. The number of aryl methyl sites for hydroxylation is 1. The van der Waals surface area contributed by atoms with Gasteiger partial charge in [0.05, 0.1) is 12.2 Å². The van der Waals surface area contributed by atoms with Gasteiger partial charge in [-0.15, -0.1) is 0 Å². The molecule has 1 aromatic heterocycles. The average Bonchev–Trinajstić information content (AvgIpc) is 2.27. The summed E-state index contributed by atoms with van der Waals surface area (Å²) in [5.74, 6) is 2.68. The standard InChI is InChI=1S/C13H22N4O/c1-5-14-12-6-13(16-11(4)15-12)17-7-9(2)18-10(3)8-17/h6,9-10H,5,7-8H2,1-4H3,(H,14,15,16)/t9-,10+. The minimum Gasteiger partial charge on any atom is -0.372 e. The van der Waals surface area contributed by atoms with E-state index in [1.807, 2.05) is 13.0 Å². The number of nitrogens with one attached hydrogen (secondary N) is 1. The molecule has 5 nitrogen and oxygen atoms in total. The zero-order valence-corrected chi connectivity index (χ0v) is 11.6. The number of rotatable bonds is 3. The SMILES string of the molecule is CCNc1cc(N2C[C@@H](C)O[C@@H](C)C2)nc(C)n1. The Labute approximate surface area is 109 Å². The maximum absolute atomic E-state index is 5.75. The highest BCUT2D eigenvalue weighted by molar-refractivity contribution is 5.49. The summed E-state index contributed by atoms with van der Waals surface area (Å²) in [6.07, 6.45) is 0.484. The summed E-state index contributed by atoms with van der Waals surface area (Å²) in [4.78, 5) is 11.2. The van der Waals surface area contributed by atoms with Gasteiger partial charge in [0.15, 0.2) is 0 Å². The van der Waals surface area contributed by atoms with Crippen molar-refractivity contribution in [2.24, 2.45) is 0 Å². The first-order valence-electron chi connectivity index (χ1n) is 6.58. The summed E-state index contributed by atoms with van der Waals surface area (Å²) in [6, 6.07) is 2.02. The first kappa shape index (κ1) is 13.1. The molecule has 1 saturated heterocycles. The van der Waals surface area contributed by atoms with Crippen LogP contribution >= 0.6 is 0 Å². The Morgan fingerprint density at radius 2 is 2.00 bits per heavy atom. The lowest BCUT2D eigenvalue weighted by Gasteiger charge is -2.36. The van der Waals surface area contributed by atoms with Crippen LogP contribution in [0.25, 0.3) is 0 Å². The molecule has 0 aromatic carbocycles. The molecule has 1 aliphatic heterocycles. The van der Waals surface area contributed by atoms with Crippen LogP contribution in [0.2, 0.25) is 0 Å². The van der Waals surface area contributed by atoms with E-state index in [1.165, 1.54) is 0 Å². The molecule has 1 fully saturated rings. The third-order valence-electron chi connectivity index (χ3n) is 2.93. The van der Waals surface area contributed by atoms with Gasteiger partial charge < -0.3 is 15.0 Å². The fourth-order valence-corrected chi connectivity index (χ4v) is 2.35. The van der Waals surface area contributed by atoms with Crippen LogP contribution in [0.4, 0.5) is 11.6 Å². The zero-order valence-electron chi connectivity index (χ0n) is 11.6. The Morgan fingerprint density at radius 1 is 1.33 bits per heavy atom. The number of anilines is 2. The molecule has 1 aliphatic rings. The van der Waals surface area contributed by atoms with E-state index in [-0.39, 0.29) is 12.2 Å². The highest BCUT2D eigenvalue weighted by Gasteiger charge is 2.23. The van der Waals surface area contributed by atoms with Crippen LogP contribution in [0.15, 0.2) is 6.07 Å². The van der Waals surface area contributed by atoms with Gasteiger partial charge in [-0.3, -0.25) is 0 Å². The van der Waals surface area contributed by atoms with Crippen molar-refractivity contribution in [3.05, 3.63) is 11.9 Å². The van der Waals surface area contributed by atoms with Crippen molar-refractivity contribution in [3.63, 3.8) is 0 Å². The number of hydrogen-bond acceptors (Lipinski definition) is 5. The summed E-state index contributed by atoms with van der Waals surface area (Å²) in [6.45, 7) is 10.8. The molecular weight excluding hydrogens is 228 g/mol. The molecule has 0 radical (unpaired) electrons. The van der Waals surface area contributed by atoms with E-state index in [2.05, 4.69) is 41.0 Å². The van der Waals surface area contributed by atoms with Crippen molar-refractivity contribution in [3.8, 4) is 0 Å². The van der Waals surface area contributed by atoms with Gasteiger partial charge in [-0.25, -0.2) is 9.97 Å². The van der Waals surface area contributed by atoms with Gasteiger partial charge >= 0.3 is 0 Å². The number of ether oxygens (including phenoxy) is 1. The molecule has 18 heavy (non-hydrogen) atoms. The van der Waals surface area contributed by atoms with Crippen molar-refractivity contribution in [2.75, 3.05) is 29.9 Å². The van der Waals surface area contributed by atoms with E-state index in [1.54, 1.807) is 0 Å². The molecule has 2 heterocycles. The predicted octanol–water partition coefficient (Wildman–Crippen LogP) is 1.83. The number of hydrogen-bond donors (Lipinski definition) is 1. The van der Waals surface area contributed by atoms with Crippen LogP contribution < -0.4 is 10.2 Å². The maximum atomic E-state index is 5.75. The van der Waals surface area contributed by atoms with Gasteiger partial charge in [0.2, 0.25) is 0 Å². The van der Waals surface area contributed by atoms with Gasteiger partial charge in [0, 0.05) is 25.7 Å². The first-order chi connectivity index (χ1) is 8.58. The molecule has 5 heteroatoms. The van der Waals surface area contributed by atoms with Crippen LogP contribution in [-0.4, -0.2) is 41.8 Å². The molecule has 1 N–H and O–H groups in total. The summed E-state index contributed by atoms with van der Waals surface area (Å²) in [5, 5.41) is 3.24. The topological polar surface area (TPSA) is 50.3 Å². The van der Waals surface area contributed by atoms with Gasteiger partial charge in [-0.1, -0.05) is 0 Å². The highest BCUT2D eigenvalue weighted by atomic mass is 16.5. The van der Waals surface area contributed by atoms with Gasteiger partial charge in [0.25, 0.3) is 0 Å². The fraction of sp³-hybridized carbons (Fsp3) is 0.692. The molecule has 0 aliphatic carbocycles. The third-order valence-corrected chi connectivity index (χ3v) is 2.93. The van der Waals surface area contributed by atoms with E-state index in [0.717, 1.165) is 37.1 Å². The highest BCUT2D eigenvalue weighted by Crippen LogP contribution is 2.20. The Bertz CT molecular complexity index is 400. The minimum absolute atomic E-state index is 0.242. The van der Waals surface area contributed by atoms with Crippen molar-refractivity contribution >= 4 is 11.6 Å². The first-order valence-corrected chi connectivity index (χ1v) is 6.58. The second-order valence-electron chi connectivity index (χ2n) is 4.85.